The molecule has 0 aliphatic rings. The van der Waals surface area contributed by atoms with Crippen LogP contribution in [0.2, 0.25) is 0 Å². The molecule has 0 aromatic heterocycles. The number of hydrogen-bond donors (Lipinski definition) is 2. The number of nitrogens with two attached hydrogens (primary N) is 1. The summed E-state index contributed by atoms with van der Waals surface area (Å²) in [5.74, 6) is -1.91. The number of hydrogen-bond acceptors (Lipinski definition) is 5. The predicted molar refractivity (Wildman–Crippen MR) is 66.3 cm³/mol. The second kappa shape index (κ2) is 6.58. The molecule has 0 radical (unpaired) electrons. The van der Waals surface area contributed by atoms with Gasteiger partial charge in [0.15, 0.2) is 12.4 Å². The number of nitrogens with one attached hydrogen (secondary N) is 1. The van der Waals surface area contributed by atoms with Crippen LogP contribution in [0.1, 0.15) is 17.3 Å². The zero-order valence-electron chi connectivity index (χ0n) is 10.7. The molecule has 0 heterocycles. The molecule has 0 aliphatic heterocycles. The van der Waals surface area contributed by atoms with E-state index in [1.54, 1.807) is 6.92 Å². The van der Waals surface area contributed by atoms with Gasteiger partial charge in [0.2, 0.25) is 0 Å². The van der Waals surface area contributed by atoms with Gasteiger partial charge in [0.1, 0.15) is 5.75 Å². The summed E-state index contributed by atoms with van der Waals surface area (Å²) in [6.07, 6.45) is 0. The van der Waals surface area contributed by atoms with Gasteiger partial charge in [-0.25, -0.2) is 9.18 Å². The van der Waals surface area contributed by atoms with Gasteiger partial charge in [0.25, 0.3) is 5.91 Å². The van der Waals surface area contributed by atoms with E-state index in [0.717, 1.165) is 6.07 Å². The molecular weight excluding hydrogens is 255 g/mol. The van der Waals surface area contributed by atoms with Crippen LogP contribution in [0, 0.1) is 5.82 Å². The second-order valence-electron chi connectivity index (χ2n) is 3.55. The fourth-order valence-corrected chi connectivity index (χ4v) is 1.28. The zero-order chi connectivity index (χ0) is 14.4. The molecular formula is C12H15FN2O4. The van der Waals surface area contributed by atoms with Gasteiger partial charge in [-0.2, -0.15) is 0 Å². The maximum Gasteiger partial charge on any atom is 0.340 e. The van der Waals surface area contributed by atoms with E-state index in [0.29, 0.717) is 0 Å². The molecule has 0 saturated carbocycles. The molecule has 0 atom stereocenters. The van der Waals surface area contributed by atoms with E-state index in [1.165, 1.54) is 13.1 Å². The molecule has 104 valence electrons. The highest BCUT2D eigenvalue weighted by atomic mass is 19.1. The SMILES string of the molecule is CCOC(=O)c1cc(OCC(=O)NC)cc(F)c1N. The minimum absolute atomic E-state index is 0.0263. The number of benzene rings is 1. The summed E-state index contributed by atoms with van der Waals surface area (Å²) >= 11 is 0. The van der Waals surface area contributed by atoms with Crippen molar-refractivity contribution in [3.8, 4) is 5.75 Å². The van der Waals surface area contributed by atoms with E-state index in [9.17, 15) is 14.0 Å². The van der Waals surface area contributed by atoms with Crippen molar-refractivity contribution in [2.45, 2.75) is 6.92 Å². The molecule has 0 unspecified atom stereocenters. The van der Waals surface area contributed by atoms with Crippen molar-refractivity contribution in [2.75, 3.05) is 26.0 Å². The Morgan fingerprint density at radius 2 is 2.11 bits per heavy atom. The third-order valence-corrected chi connectivity index (χ3v) is 2.25. The Hall–Kier alpha value is -2.31. The third-order valence-electron chi connectivity index (χ3n) is 2.25. The lowest BCUT2D eigenvalue weighted by Gasteiger charge is -2.10. The number of ether oxygens (including phenoxy) is 2. The van der Waals surface area contributed by atoms with Crippen LogP contribution < -0.4 is 15.8 Å². The molecule has 6 nitrogen and oxygen atoms in total. The van der Waals surface area contributed by atoms with E-state index in [-0.39, 0.29) is 36.1 Å². The van der Waals surface area contributed by atoms with Gasteiger partial charge >= 0.3 is 5.97 Å². The third kappa shape index (κ3) is 3.84. The first-order valence-electron chi connectivity index (χ1n) is 5.59. The van der Waals surface area contributed by atoms with Crippen molar-refractivity contribution in [2.24, 2.45) is 0 Å². The number of carbonyl (C=O) groups is 2. The first kappa shape index (κ1) is 14.7. The summed E-state index contributed by atoms with van der Waals surface area (Å²) in [5, 5.41) is 2.34. The molecule has 1 aromatic rings. The van der Waals surface area contributed by atoms with Gasteiger partial charge in [-0.1, -0.05) is 0 Å². The molecule has 3 N–H and O–H groups in total. The van der Waals surface area contributed by atoms with E-state index in [4.69, 9.17) is 15.2 Å². The number of halogens is 1. The summed E-state index contributed by atoms with van der Waals surface area (Å²) in [6, 6.07) is 2.24. The Kier molecular flexibility index (Phi) is 5.11. The molecule has 0 spiro atoms. The number of carbonyl (C=O) groups excluding carboxylic acids is 2. The average Bonchev–Trinajstić information content (AvgIpc) is 2.39. The molecule has 1 aromatic carbocycles. The normalized spacial score (nSPS) is 9.84. The van der Waals surface area contributed by atoms with E-state index < -0.39 is 11.8 Å². The second-order valence-corrected chi connectivity index (χ2v) is 3.55. The van der Waals surface area contributed by atoms with Crippen molar-refractivity contribution in [1.29, 1.82) is 0 Å². The van der Waals surface area contributed by atoms with Crippen LogP contribution in [0.15, 0.2) is 12.1 Å². The lowest BCUT2D eigenvalue weighted by molar-refractivity contribution is -0.122. The highest BCUT2D eigenvalue weighted by molar-refractivity contribution is 5.95. The number of nitrogen functional groups attached to an aromatic ring is 1. The molecule has 1 amide bonds. The molecule has 0 aliphatic carbocycles. The Balaban J connectivity index is 2.96. The Labute approximate surface area is 109 Å². The lowest BCUT2D eigenvalue weighted by Crippen LogP contribution is -2.25. The standard InChI is InChI=1S/C12H15FN2O4/c1-3-18-12(17)8-4-7(5-9(13)11(8)14)19-6-10(16)15-2/h4-5H,3,6,14H2,1-2H3,(H,15,16). The Morgan fingerprint density at radius 3 is 2.68 bits per heavy atom. The number of amides is 1. The van der Waals surface area contributed by atoms with Crippen LogP contribution in [0.4, 0.5) is 10.1 Å². The van der Waals surface area contributed by atoms with Gasteiger partial charge in [-0.15, -0.1) is 0 Å². The van der Waals surface area contributed by atoms with Gasteiger partial charge in [0, 0.05) is 13.1 Å². The molecule has 19 heavy (non-hydrogen) atoms. The monoisotopic (exact) mass is 270 g/mol. The van der Waals surface area contributed by atoms with Crippen molar-refractivity contribution < 1.29 is 23.5 Å². The average molecular weight is 270 g/mol. The maximum absolute atomic E-state index is 13.5. The Morgan fingerprint density at radius 1 is 1.42 bits per heavy atom. The summed E-state index contributed by atoms with van der Waals surface area (Å²) in [5.41, 5.74) is 5.01. The summed E-state index contributed by atoms with van der Waals surface area (Å²) in [6.45, 7) is 1.47. The van der Waals surface area contributed by atoms with Gasteiger partial charge in [-0.3, -0.25) is 4.79 Å². The first-order valence-corrected chi connectivity index (χ1v) is 5.59. The van der Waals surface area contributed by atoms with Crippen LogP contribution in [0.5, 0.6) is 5.75 Å². The highest BCUT2D eigenvalue weighted by Gasteiger charge is 2.17. The van der Waals surface area contributed by atoms with E-state index in [2.05, 4.69) is 5.32 Å². The topological polar surface area (TPSA) is 90.6 Å². The fourth-order valence-electron chi connectivity index (χ4n) is 1.28. The van der Waals surface area contributed by atoms with Crippen LogP contribution in [-0.2, 0) is 9.53 Å². The highest BCUT2D eigenvalue weighted by Crippen LogP contribution is 2.24. The lowest BCUT2D eigenvalue weighted by atomic mass is 10.1. The van der Waals surface area contributed by atoms with Crippen molar-refractivity contribution in [1.82, 2.24) is 5.32 Å². The van der Waals surface area contributed by atoms with Crippen LogP contribution in [0.3, 0.4) is 0 Å². The Bertz CT molecular complexity index is 491. The maximum atomic E-state index is 13.5. The van der Waals surface area contributed by atoms with Crippen LogP contribution >= 0.6 is 0 Å². The van der Waals surface area contributed by atoms with Gasteiger partial charge in [0.05, 0.1) is 17.9 Å². The minimum Gasteiger partial charge on any atom is -0.484 e. The summed E-state index contributed by atoms with van der Waals surface area (Å²) in [7, 11) is 1.44. The summed E-state index contributed by atoms with van der Waals surface area (Å²) < 4.78 is 23.3. The number of likely N-dealkylation sites (N-methyl/N-ethyl adjacent to an activating group) is 1. The van der Waals surface area contributed by atoms with E-state index in [1.807, 2.05) is 0 Å². The van der Waals surface area contributed by atoms with Gasteiger partial charge in [-0.05, 0) is 13.0 Å². The zero-order valence-corrected chi connectivity index (χ0v) is 10.7. The summed E-state index contributed by atoms with van der Waals surface area (Å²) in [4.78, 5) is 22.6. The number of esters is 1. The fraction of sp³-hybridized carbons (Fsp3) is 0.333. The largest absolute Gasteiger partial charge is 0.484 e. The molecule has 7 heteroatoms. The van der Waals surface area contributed by atoms with Crippen molar-refractivity contribution >= 4 is 17.6 Å². The molecule has 0 bridgehead atoms. The van der Waals surface area contributed by atoms with Crippen molar-refractivity contribution in [3.05, 3.63) is 23.5 Å². The number of anilines is 1. The van der Waals surface area contributed by atoms with Crippen molar-refractivity contribution in [3.63, 3.8) is 0 Å². The smallest absolute Gasteiger partial charge is 0.340 e. The first-order chi connectivity index (χ1) is 8.99. The number of rotatable bonds is 5. The predicted octanol–water partition coefficient (Wildman–Crippen LogP) is 0.709. The van der Waals surface area contributed by atoms with Gasteiger partial charge < -0.3 is 20.5 Å². The van der Waals surface area contributed by atoms with Crippen LogP contribution in [-0.4, -0.2) is 32.1 Å². The van der Waals surface area contributed by atoms with Crippen LogP contribution in [0.25, 0.3) is 0 Å². The molecule has 1 rings (SSSR count). The van der Waals surface area contributed by atoms with E-state index >= 15 is 0 Å². The molecule has 0 saturated heterocycles. The molecule has 0 fully saturated rings. The quantitative estimate of drug-likeness (QED) is 0.607. The minimum atomic E-state index is -0.808.